The van der Waals surface area contributed by atoms with Gasteiger partial charge in [0.05, 0.1) is 11.3 Å². The number of rotatable bonds is 8. The maximum Gasteiger partial charge on any atom is 0.416 e. The van der Waals surface area contributed by atoms with E-state index in [0.717, 1.165) is 23.4 Å². The van der Waals surface area contributed by atoms with Crippen LogP contribution in [0, 0.1) is 6.92 Å². The molecule has 14 heteroatoms. The van der Waals surface area contributed by atoms with Crippen LogP contribution in [0.2, 0.25) is 0 Å². The van der Waals surface area contributed by atoms with Crippen LogP contribution in [0.1, 0.15) is 27.2 Å². The van der Waals surface area contributed by atoms with Crippen LogP contribution in [0.15, 0.2) is 60.9 Å². The van der Waals surface area contributed by atoms with Gasteiger partial charge in [0.1, 0.15) is 18.0 Å². The lowest BCUT2D eigenvalue weighted by molar-refractivity contribution is -0.137. The molecule has 220 valence electrons. The molecule has 0 atom stereocenters. The Kier molecular flexibility index (Phi) is 8.54. The maximum atomic E-state index is 13.1. The summed E-state index contributed by atoms with van der Waals surface area (Å²) in [5, 5.41) is 13.8. The van der Waals surface area contributed by atoms with E-state index in [1.807, 2.05) is 13.0 Å². The van der Waals surface area contributed by atoms with Crippen molar-refractivity contribution in [3.8, 4) is 5.82 Å². The first-order valence-electron chi connectivity index (χ1n) is 13.1. The van der Waals surface area contributed by atoms with E-state index in [9.17, 15) is 22.2 Å². The molecule has 1 fully saturated rings. The van der Waals surface area contributed by atoms with E-state index in [2.05, 4.69) is 30.8 Å². The van der Waals surface area contributed by atoms with E-state index in [4.69, 9.17) is 5.10 Å². The van der Waals surface area contributed by atoms with Gasteiger partial charge in [-0.25, -0.2) is 9.97 Å². The first-order chi connectivity index (χ1) is 20.1. The van der Waals surface area contributed by atoms with Gasteiger partial charge in [0.25, 0.3) is 5.91 Å². The number of carbonyl (C=O) groups excluding carboxylic acids is 1. The molecule has 2 aromatic carbocycles. The number of anilines is 4. The van der Waals surface area contributed by atoms with Crippen LogP contribution in [-0.2, 0) is 23.5 Å². The molecule has 3 N–H and O–H groups in total. The van der Waals surface area contributed by atoms with Crippen LogP contribution in [0.4, 0.5) is 36.2 Å². The van der Waals surface area contributed by atoms with E-state index in [1.54, 1.807) is 36.0 Å². The minimum absolute atomic E-state index is 0.103. The topological polar surface area (TPSA) is 117 Å². The molecule has 4 aromatic rings. The van der Waals surface area contributed by atoms with E-state index in [0.29, 0.717) is 60.0 Å². The lowest BCUT2D eigenvalue weighted by Gasteiger charge is -2.24. The van der Waals surface area contributed by atoms with Crippen molar-refractivity contribution in [1.29, 1.82) is 0 Å². The summed E-state index contributed by atoms with van der Waals surface area (Å²) in [5.74, 6) is 2.33. The largest absolute Gasteiger partial charge is 0.416 e. The highest BCUT2D eigenvalue weighted by Crippen LogP contribution is 2.30. The number of hydrogen-bond donors (Lipinski definition) is 3. The summed E-state index contributed by atoms with van der Waals surface area (Å²) in [6.45, 7) is 3.88. The predicted octanol–water partition coefficient (Wildman–Crippen LogP) is 4.59. The third-order valence-corrected chi connectivity index (χ3v) is 8.03. The van der Waals surface area contributed by atoms with Gasteiger partial charge >= 0.3 is 6.18 Å². The van der Waals surface area contributed by atoms with Gasteiger partial charge in [0, 0.05) is 78.1 Å². The molecule has 0 saturated carbocycles. The van der Waals surface area contributed by atoms with E-state index in [-0.39, 0.29) is 5.56 Å². The van der Waals surface area contributed by atoms with Crippen molar-refractivity contribution >= 4 is 39.7 Å². The van der Waals surface area contributed by atoms with Crippen LogP contribution in [0.25, 0.3) is 5.82 Å². The highest BCUT2D eigenvalue weighted by Gasteiger charge is 2.31. The number of aryl methyl sites for hydroxylation is 1. The van der Waals surface area contributed by atoms with Gasteiger partial charge in [0.15, 0.2) is 5.82 Å². The lowest BCUT2D eigenvalue weighted by Crippen LogP contribution is -2.37. The first-order valence-corrected chi connectivity index (χ1v) is 14.6. The van der Waals surface area contributed by atoms with Crippen LogP contribution < -0.4 is 16.0 Å². The molecule has 10 nitrogen and oxygen atoms in total. The first kappa shape index (κ1) is 29.2. The predicted molar refractivity (Wildman–Crippen MR) is 156 cm³/mol. The smallest absolute Gasteiger partial charge is 0.373 e. The Morgan fingerprint density at radius 2 is 1.83 bits per heavy atom. The molecule has 0 aliphatic carbocycles. The minimum atomic E-state index is -4.55. The average molecular weight is 599 g/mol. The van der Waals surface area contributed by atoms with Gasteiger partial charge in [-0.05, 0) is 42.8 Å². The number of carbonyl (C=O) groups is 1. The summed E-state index contributed by atoms with van der Waals surface area (Å²) in [7, 11) is 0.964. The summed E-state index contributed by atoms with van der Waals surface area (Å²) >= 11 is 0. The van der Waals surface area contributed by atoms with Crippen molar-refractivity contribution in [3.05, 3.63) is 83.3 Å². The fourth-order valence-corrected chi connectivity index (χ4v) is 5.57. The maximum absolute atomic E-state index is 13.1. The number of hydrogen-bond acceptors (Lipinski definition) is 8. The van der Waals surface area contributed by atoms with Gasteiger partial charge in [-0.2, -0.15) is 23.0 Å². The molecule has 5 rings (SSSR count). The summed E-state index contributed by atoms with van der Waals surface area (Å²) in [6, 6.07) is 13.1. The number of halogens is 3. The molecule has 0 unspecified atom stereocenters. The van der Waals surface area contributed by atoms with Crippen LogP contribution >= 0.6 is 0 Å². The molecule has 42 heavy (non-hydrogen) atoms. The zero-order chi connectivity index (χ0) is 29.9. The number of nitrogens with zero attached hydrogens (tertiary/aromatic N) is 5. The molecule has 2 aromatic heterocycles. The molecule has 1 saturated heterocycles. The zero-order valence-corrected chi connectivity index (χ0v) is 23.7. The number of nitrogens with one attached hydrogen (secondary N) is 3. The van der Waals surface area contributed by atoms with Gasteiger partial charge in [-0.3, -0.25) is 13.9 Å². The highest BCUT2D eigenvalue weighted by atomic mass is 32.2. The van der Waals surface area contributed by atoms with E-state index < -0.39 is 28.4 Å². The van der Waals surface area contributed by atoms with Gasteiger partial charge in [0.2, 0.25) is 0 Å². The van der Waals surface area contributed by atoms with Crippen molar-refractivity contribution in [2.24, 2.45) is 0 Å². The Morgan fingerprint density at radius 3 is 2.57 bits per heavy atom. The molecular weight excluding hydrogens is 569 g/mol. The molecule has 3 heterocycles. The van der Waals surface area contributed by atoms with Crippen molar-refractivity contribution in [1.82, 2.24) is 24.6 Å². The zero-order valence-electron chi connectivity index (χ0n) is 22.9. The summed E-state index contributed by atoms with van der Waals surface area (Å²) in [6.07, 6.45) is -3.12. The number of benzene rings is 2. The van der Waals surface area contributed by atoms with Crippen LogP contribution in [0.3, 0.4) is 0 Å². The lowest BCUT2D eigenvalue weighted by atomic mass is 10.1. The molecule has 0 spiro atoms. The van der Waals surface area contributed by atoms with E-state index in [1.165, 1.54) is 18.5 Å². The molecule has 1 amide bonds. The van der Waals surface area contributed by atoms with Crippen LogP contribution in [-0.4, -0.2) is 66.4 Å². The number of aromatic nitrogens is 4. The van der Waals surface area contributed by atoms with Crippen LogP contribution in [0.5, 0.6) is 0 Å². The molecule has 1 aliphatic rings. The van der Waals surface area contributed by atoms with Crippen molar-refractivity contribution in [3.63, 3.8) is 0 Å². The Balaban J connectivity index is 1.41. The minimum Gasteiger partial charge on any atom is -0.373 e. The Bertz CT molecular complexity index is 1610. The Hall–Kier alpha value is -4.30. The third-order valence-electron chi connectivity index (χ3n) is 6.75. The fourth-order valence-electron chi connectivity index (χ4n) is 4.45. The second-order valence-electron chi connectivity index (χ2n) is 9.76. The number of alkyl halides is 3. The molecule has 0 bridgehead atoms. The van der Waals surface area contributed by atoms with Crippen molar-refractivity contribution in [2.75, 3.05) is 47.6 Å². The normalized spacial score (nSPS) is 14.5. The molecule has 1 aliphatic heterocycles. The second kappa shape index (κ2) is 12.3. The summed E-state index contributed by atoms with van der Waals surface area (Å²) in [4.78, 5) is 23.6. The monoisotopic (exact) mass is 598 g/mol. The molecular formula is C28H29F3N8O2S. The second-order valence-corrected chi connectivity index (χ2v) is 11.5. The summed E-state index contributed by atoms with van der Waals surface area (Å²) in [5.41, 5.74) is 1.70. The van der Waals surface area contributed by atoms with E-state index >= 15 is 0 Å². The summed E-state index contributed by atoms with van der Waals surface area (Å²) < 4.78 is 52.9. The fraction of sp³-hybridized carbons (Fsp3) is 0.286. The quantitative estimate of drug-likeness (QED) is 0.270. The average Bonchev–Trinajstić information content (AvgIpc) is 3.37. The van der Waals surface area contributed by atoms with Gasteiger partial charge in [-0.15, -0.1) is 0 Å². The van der Waals surface area contributed by atoms with Gasteiger partial charge < -0.3 is 16.0 Å². The Labute approximate surface area is 242 Å². The van der Waals surface area contributed by atoms with Gasteiger partial charge in [-0.1, -0.05) is 12.1 Å². The van der Waals surface area contributed by atoms with Crippen molar-refractivity contribution in [2.45, 2.75) is 19.6 Å². The highest BCUT2D eigenvalue weighted by molar-refractivity contribution is 7.85. The standard InChI is InChI=1S/C28H29F3N8O2S/c1-18-6-7-21(35-27(40)19-4-3-5-20(12-19)28(29,30)31)13-23(18)36-26-14-22(16-38-8-10-42(41)11-9-38)37-39(26)25-15-24(32-2)33-17-34-25/h3-7,12-15,17,36H,8-11,16H2,1-2H3,(H,35,40)(H,32,33,34). The molecule has 0 radical (unpaired) electrons. The Morgan fingerprint density at radius 1 is 1.05 bits per heavy atom. The van der Waals surface area contributed by atoms with Crippen molar-refractivity contribution < 1.29 is 22.2 Å². The number of amides is 1. The third kappa shape index (κ3) is 6.94. The SMILES string of the molecule is CNc1cc(-n2nc(CN3CCS(=O)CC3)cc2Nc2cc(NC(=O)c3cccc(C(F)(F)F)c3)ccc2C)ncn1.